The van der Waals surface area contributed by atoms with Crippen molar-refractivity contribution in [3.05, 3.63) is 68.3 Å². The van der Waals surface area contributed by atoms with Crippen LogP contribution in [0, 0.1) is 13.8 Å². The number of aryl methyl sites for hydroxylation is 1. The zero-order chi connectivity index (χ0) is 18.0. The van der Waals surface area contributed by atoms with Crippen molar-refractivity contribution in [3.8, 4) is 0 Å². The summed E-state index contributed by atoms with van der Waals surface area (Å²) in [6.45, 7) is 4.04. The quantitative estimate of drug-likeness (QED) is 0.738. The molecule has 1 aromatic heterocycles. The molecule has 1 amide bonds. The molecule has 0 aliphatic carbocycles. The van der Waals surface area contributed by atoms with Gasteiger partial charge in [-0.1, -0.05) is 47.7 Å². The number of benzene rings is 2. The SMILES string of the molecule is Cc1sc(=O)n(CC(=O)NC(CN)c2ccc3ccccc3c2)c1C. The van der Waals surface area contributed by atoms with Gasteiger partial charge in [-0.15, -0.1) is 0 Å². The number of rotatable bonds is 5. The molecule has 0 radical (unpaired) electrons. The maximum atomic E-state index is 12.4. The third kappa shape index (κ3) is 3.65. The molecular weight excluding hydrogens is 334 g/mol. The lowest BCUT2D eigenvalue weighted by Crippen LogP contribution is -2.37. The lowest BCUT2D eigenvalue weighted by molar-refractivity contribution is -0.122. The zero-order valence-electron chi connectivity index (χ0n) is 14.3. The summed E-state index contributed by atoms with van der Waals surface area (Å²) >= 11 is 1.16. The number of aromatic nitrogens is 1. The molecule has 0 saturated heterocycles. The van der Waals surface area contributed by atoms with Crippen molar-refractivity contribution in [1.82, 2.24) is 9.88 Å². The molecule has 3 aromatic rings. The molecule has 5 nitrogen and oxygen atoms in total. The van der Waals surface area contributed by atoms with Gasteiger partial charge in [0.1, 0.15) is 6.54 Å². The van der Waals surface area contributed by atoms with Crippen molar-refractivity contribution in [1.29, 1.82) is 0 Å². The van der Waals surface area contributed by atoms with Gasteiger partial charge in [0.2, 0.25) is 5.91 Å². The fourth-order valence-electron chi connectivity index (χ4n) is 2.86. The van der Waals surface area contributed by atoms with Crippen LogP contribution >= 0.6 is 11.3 Å². The highest BCUT2D eigenvalue weighted by atomic mass is 32.1. The Balaban J connectivity index is 1.78. The molecular formula is C19H21N3O2S. The predicted octanol–water partition coefficient (Wildman–Crippen LogP) is 2.50. The van der Waals surface area contributed by atoms with E-state index >= 15 is 0 Å². The minimum Gasteiger partial charge on any atom is -0.346 e. The average Bonchev–Trinajstić information content (AvgIpc) is 2.85. The molecule has 25 heavy (non-hydrogen) atoms. The van der Waals surface area contributed by atoms with Crippen LogP contribution in [-0.4, -0.2) is 17.0 Å². The molecule has 3 rings (SSSR count). The summed E-state index contributed by atoms with van der Waals surface area (Å²) < 4.78 is 1.50. The van der Waals surface area contributed by atoms with Crippen molar-refractivity contribution in [2.75, 3.05) is 6.54 Å². The fourth-order valence-corrected chi connectivity index (χ4v) is 3.69. The molecule has 1 unspecified atom stereocenters. The minimum absolute atomic E-state index is 0.0130. The summed E-state index contributed by atoms with van der Waals surface area (Å²) in [5.41, 5.74) is 7.67. The van der Waals surface area contributed by atoms with E-state index in [2.05, 4.69) is 5.32 Å². The number of amides is 1. The molecule has 0 fully saturated rings. The van der Waals surface area contributed by atoms with Gasteiger partial charge in [0.25, 0.3) is 0 Å². The van der Waals surface area contributed by atoms with E-state index in [-0.39, 0.29) is 23.4 Å². The van der Waals surface area contributed by atoms with Gasteiger partial charge in [-0.25, -0.2) is 0 Å². The molecule has 0 bridgehead atoms. The first kappa shape index (κ1) is 17.4. The van der Waals surface area contributed by atoms with E-state index in [1.165, 1.54) is 4.57 Å². The van der Waals surface area contributed by atoms with E-state index in [1.807, 2.05) is 56.3 Å². The van der Waals surface area contributed by atoms with Crippen molar-refractivity contribution < 1.29 is 4.79 Å². The maximum Gasteiger partial charge on any atom is 0.308 e. The summed E-state index contributed by atoms with van der Waals surface area (Å²) in [5, 5.41) is 5.19. The fraction of sp³-hybridized carbons (Fsp3) is 0.263. The Morgan fingerprint density at radius 3 is 2.56 bits per heavy atom. The summed E-state index contributed by atoms with van der Waals surface area (Å²) in [6, 6.07) is 13.8. The molecule has 130 valence electrons. The van der Waals surface area contributed by atoms with Gasteiger partial charge < -0.3 is 11.1 Å². The molecule has 3 N–H and O–H groups in total. The number of carbonyl (C=O) groups excluding carboxylic acids is 1. The second-order valence-electron chi connectivity index (χ2n) is 6.06. The Morgan fingerprint density at radius 1 is 1.20 bits per heavy atom. The second-order valence-corrected chi connectivity index (χ2v) is 7.22. The number of fused-ring (bicyclic) bond motifs is 1. The van der Waals surface area contributed by atoms with Crippen molar-refractivity contribution in [3.63, 3.8) is 0 Å². The Labute approximate surface area is 150 Å². The summed E-state index contributed by atoms with van der Waals surface area (Å²) in [7, 11) is 0. The average molecular weight is 355 g/mol. The van der Waals surface area contributed by atoms with Gasteiger partial charge in [-0.05, 0) is 36.2 Å². The Kier molecular flexibility index (Phi) is 5.01. The number of nitrogens with one attached hydrogen (secondary N) is 1. The van der Waals surface area contributed by atoms with Gasteiger partial charge in [0.05, 0.1) is 6.04 Å². The van der Waals surface area contributed by atoms with Crippen LogP contribution in [0.25, 0.3) is 10.8 Å². The normalized spacial score (nSPS) is 12.3. The number of nitrogens with two attached hydrogens (primary N) is 1. The largest absolute Gasteiger partial charge is 0.346 e. The van der Waals surface area contributed by atoms with Gasteiger partial charge >= 0.3 is 4.87 Å². The number of hydrogen-bond donors (Lipinski definition) is 2. The highest BCUT2D eigenvalue weighted by molar-refractivity contribution is 7.09. The molecule has 0 aliphatic rings. The maximum absolute atomic E-state index is 12.4. The minimum atomic E-state index is -0.284. The predicted molar refractivity (Wildman–Crippen MR) is 102 cm³/mol. The van der Waals surface area contributed by atoms with Crippen molar-refractivity contribution in [2.24, 2.45) is 5.73 Å². The van der Waals surface area contributed by atoms with E-state index in [4.69, 9.17) is 5.73 Å². The molecule has 0 spiro atoms. The first-order valence-electron chi connectivity index (χ1n) is 8.14. The lowest BCUT2D eigenvalue weighted by atomic mass is 10.0. The van der Waals surface area contributed by atoms with E-state index < -0.39 is 0 Å². The lowest BCUT2D eigenvalue weighted by Gasteiger charge is -2.18. The van der Waals surface area contributed by atoms with Crippen LogP contribution < -0.4 is 15.9 Å². The van der Waals surface area contributed by atoms with Crippen LogP contribution in [0.5, 0.6) is 0 Å². The molecule has 1 atom stereocenters. The van der Waals surface area contributed by atoms with Crippen molar-refractivity contribution >= 4 is 28.0 Å². The van der Waals surface area contributed by atoms with Crippen LogP contribution in [-0.2, 0) is 11.3 Å². The van der Waals surface area contributed by atoms with Gasteiger partial charge in [-0.2, -0.15) is 0 Å². The Morgan fingerprint density at radius 2 is 1.92 bits per heavy atom. The second kappa shape index (κ2) is 7.21. The topological polar surface area (TPSA) is 77.1 Å². The summed E-state index contributed by atoms with van der Waals surface area (Å²) in [5.74, 6) is -0.216. The first-order chi connectivity index (χ1) is 12.0. The number of nitrogens with zero attached hydrogens (tertiary/aromatic N) is 1. The standard InChI is InChI=1S/C19H21N3O2S/c1-12-13(2)25-19(24)22(12)11-18(23)21-17(10-20)16-8-7-14-5-3-4-6-15(14)9-16/h3-9,17H,10-11,20H2,1-2H3,(H,21,23). The molecule has 2 aromatic carbocycles. The highest BCUT2D eigenvalue weighted by Gasteiger charge is 2.16. The number of carbonyl (C=O) groups is 1. The number of thiazole rings is 1. The van der Waals surface area contributed by atoms with Gasteiger partial charge in [0, 0.05) is 17.1 Å². The van der Waals surface area contributed by atoms with Crippen LogP contribution in [0.2, 0.25) is 0 Å². The van der Waals surface area contributed by atoms with Crippen LogP contribution in [0.15, 0.2) is 47.3 Å². The van der Waals surface area contributed by atoms with Crippen LogP contribution in [0.4, 0.5) is 0 Å². The zero-order valence-corrected chi connectivity index (χ0v) is 15.1. The third-order valence-corrected chi connectivity index (χ3v) is 5.42. The molecule has 6 heteroatoms. The smallest absolute Gasteiger partial charge is 0.308 e. The van der Waals surface area contributed by atoms with E-state index in [1.54, 1.807) is 0 Å². The van der Waals surface area contributed by atoms with Crippen LogP contribution in [0.3, 0.4) is 0 Å². The number of hydrogen-bond acceptors (Lipinski definition) is 4. The molecule has 0 aliphatic heterocycles. The summed E-state index contributed by atoms with van der Waals surface area (Å²) in [6.07, 6.45) is 0. The van der Waals surface area contributed by atoms with E-state index in [0.717, 1.165) is 38.2 Å². The Bertz CT molecular complexity index is 974. The Hall–Kier alpha value is -2.44. The first-order valence-corrected chi connectivity index (χ1v) is 8.96. The highest BCUT2D eigenvalue weighted by Crippen LogP contribution is 2.20. The van der Waals surface area contributed by atoms with E-state index in [9.17, 15) is 9.59 Å². The van der Waals surface area contributed by atoms with E-state index in [0.29, 0.717) is 6.54 Å². The molecule has 0 saturated carbocycles. The third-order valence-electron chi connectivity index (χ3n) is 4.42. The van der Waals surface area contributed by atoms with Gasteiger partial charge in [0.15, 0.2) is 0 Å². The van der Waals surface area contributed by atoms with Gasteiger partial charge in [-0.3, -0.25) is 14.2 Å². The summed E-state index contributed by atoms with van der Waals surface area (Å²) in [4.78, 5) is 25.2. The monoisotopic (exact) mass is 355 g/mol. The molecule has 1 heterocycles. The van der Waals surface area contributed by atoms with Crippen molar-refractivity contribution in [2.45, 2.75) is 26.4 Å². The van der Waals surface area contributed by atoms with Crippen LogP contribution in [0.1, 0.15) is 22.2 Å².